The highest BCUT2D eigenvalue weighted by Gasteiger charge is 2.27. The molecule has 6 heteroatoms. The van der Waals surface area contributed by atoms with Crippen LogP contribution in [0.2, 0.25) is 0 Å². The second-order valence-corrected chi connectivity index (χ2v) is 8.04. The number of piperazine rings is 1. The van der Waals surface area contributed by atoms with Crippen molar-refractivity contribution in [3.63, 3.8) is 0 Å². The van der Waals surface area contributed by atoms with Crippen molar-refractivity contribution in [2.24, 2.45) is 0 Å². The summed E-state index contributed by atoms with van der Waals surface area (Å²) >= 11 is 1.81. The van der Waals surface area contributed by atoms with Crippen LogP contribution < -0.4 is 0 Å². The number of nitrogens with zero attached hydrogens (tertiary/aromatic N) is 4. The minimum atomic E-state index is 0.240. The summed E-state index contributed by atoms with van der Waals surface area (Å²) in [5, 5.41) is 11.7. The number of aromatic nitrogens is 2. The number of aliphatic hydroxyl groups excluding tert-OH is 1. The lowest BCUT2D eigenvalue weighted by Crippen LogP contribution is -2.52. The highest BCUT2D eigenvalue weighted by Crippen LogP contribution is 2.21. The SMILES string of the molecule is OCC[C@@H]1CN(Cc2cccn2-c2ccccn2)CCN1Cc1cccs1. The van der Waals surface area contributed by atoms with Crippen molar-refractivity contribution in [3.8, 4) is 5.82 Å². The van der Waals surface area contributed by atoms with E-state index >= 15 is 0 Å². The van der Waals surface area contributed by atoms with Gasteiger partial charge in [0.1, 0.15) is 5.82 Å². The molecule has 0 radical (unpaired) electrons. The number of hydrogen-bond donors (Lipinski definition) is 1. The summed E-state index contributed by atoms with van der Waals surface area (Å²) < 4.78 is 2.17. The van der Waals surface area contributed by atoms with E-state index in [2.05, 4.69) is 55.2 Å². The largest absolute Gasteiger partial charge is 0.396 e. The van der Waals surface area contributed by atoms with Crippen LogP contribution in [0.5, 0.6) is 0 Å². The van der Waals surface area contributed by atoms with E-state index in [0.717, 1.165) is 45.0 Å². The Hall–Kier alpha value is -1.99. The standard InChI is InChI=1S/C21H26N4OS/c26-13-8-18-15-23(11-12-24(18)17-20-6-4-14-27-20)16-19-5-3-10-25(19)21-7-1-2-9-22-21/h1-7,9-10,14,18,26H,8,11-13,15-17H2/t18-/m1/s1. The Morgan fingerprint density at radius 2 is 2.04 bits per heavy atom. The molecule has 1 aliphatic heterocycles. The second kappa shape index (κ2) is 8.80. The molecule has 3 aromatic heterocycles. The van der Waals surface area contributed by atoms with Crippen LogP contribution in [0.25, 0.3) is 5.82 Å². The van der Waals surface area contributed by atoms with E-state index in [1.165, 1.54) is 10.6 Å². The number of thiophene rings is 1. The first-order chi connectivity index (χ1) is 13.3. The summed E-state index contributed by atoms with van der Waals surface area (Å²) in [6, 6.07) is 15.0. The van der Waals surface area contributed by atoms with Gasteiger partial charge in [0.05, 0.1) is 0 Å². The maximum absolute atomic E-state index is 9.54. The molecule has 1 aliphatic rings. The zero-order valence-electron chi connectivity index (χ0n) is 15.4. The lowest BCUT2D eigenvalue weighted by molar-refractivity contribution is 0.0498. The third kappa shape index (κ3) is 4.47. The van der Waals surface area contributed by atoms with Crippen LogP contribution in [-0.2, 0) is 13.1 Å². The maximum Gasteiger partial charge on any atom is 0.136 e. The lowest BCUT2D eigenvalue weighted by atomic mass is 10.1. The summed E-state index contributed by atoms with van der Waals surface area (Å²) in [5.74, 6) is 0.959. The third-order valence-electron chi connectivity index (χ3n) is 5.21. The maximum atomic E-state index is 9.54. The molecular weight excluding hydrogens is 356 g/mol. The molecule has 1 fully saturated rings. The van der Waals surface area contributed by atoms with E-state index in [1.807, 2.05) is 35.7 Å². The van der Waals surface area contributed by atoms with E-state index in [0.29, 0.717) is 6.04 Å². The molecule has 0 unspecified atom stereocenters. The zero-order chi connectivity index (χ0) is 18.5. The summed E-state index contributed by atoms with van der Waals surface area (Å²) in [4.78, 5) is 10.9. The van der Waals surface area contributed by atoms with Gasteiger partial charge in [-0.15, -0.1) is 11.3 Å². The molecule has 0 bridgehead atoms. The quantitative estimate of drug-likeness (QED) is 0.682. The van der Waals surface area contributed by atoms with Gasteiger partial charge in [-0.3, -0.25) is 9.80 Å². The van der Waals surface area contributed by atoms with Crippen LogP contribution in [-0.4, -0.2) is 56.7 Å². The minimum Gasteiger partial charge on any atom is -0.396 e. The van der Waals surface area contributed by atoms with Crippen molar-refractivity contribution < 1.29 is 5.11 Å². The molecule has 27 heavy (non-hydrogen) atoms. The first kappa shape index (κ1) is 18.4. The van der Waals surface area contributed by atoms with Crippen LogP contribution in [0.1, 0.15) is 17.0 Å². The van der Waals surface area contributed by atoms with Gasteiger partial charge in [-0.25, -0.2) is 4.98 Å². The normalized spacial score (nSPS) is 18.8. The third-order valence-corrected chi connectivity index (χ3v) is 6.07. The molecule has 5 nitrogen and oxygen atoms in total. The molecule has 0 aromatic carbocycles. The number of aliphatic hydroxyl groups is 1. The molecule has 0 spiro atoms. The molecule has 1 atom stereocenters. The Morgan fingerprint density at radius 1 is 1.07 bits per heavy atom. The Kier molecular flexibility index (Phi) is 5.99. The van der Waals surface area contributed by atoms with Gasteiger partial charge in [-0.1, -0.05) is 12.1 Å². The average Bonchev–Trinajstić information content (AvgIpc) is 3.37. The van der Waals surface area contributed by atoms with Crippen LogP contribution in [0.15, 0.2) is 60.2 Å². The average molecular weight is 383 g/mol. The van der Waals surface area contributed by atoms with E-state index in [1.54, 1.807) is 0 Å². The van der Waals surface area contributed by atoms with E-state index in [4.69, 9.17) is 0 Å². The molecule has 4 heterocycles. The van der Waals surface area contributed by atoms with E-state index in [9.17, 15) is 5.11 Å². The lowest BCUT2D eigenvalue weighted by Gasteiger charge is -2.41. The van der Waals surface area contributed by atoms with Gasteiger partial charge >= 0.3 is 0 Å². The Labute approximate surface area is 164 Å². The summed E-state index contributed by atoms with van der Waals surface area (Å²) in [6.07, 6.45) is 4.73. The predicted molar refractivity (Wildman–Crippen MR) is 109 cm³/mol. The molecule has 0 aliphatic carbocycles. The van der Waals surface area contributed by atoms with Gasteiger partial charge < -0.3 is 9.67 Å². The minimum absolute atomic E-state index is 0.240. The number of rotatable bonds is 7. The molecule has 3 aromatic rings. The molecule has 1 N–H and O–H groups in total. The van der Waals surface area contributed by atoms with Gasteiger partial charge in [0.2, 0.25) is 0 Å². The van der Waals surface area contributed by atoms with Crippen molar-refractivity contribution >= 4 is 11.3 Å². The summed E-state index contributed by atoms with van der Waals surface area (Å²) in [7, 11) is 0. The highest BCUT2D eigenvalue weighted by molar-refractivity contribution is 7.09. The van der Waals surface area contributed by atoms with E-state index < -0.39 is 0 Å². The van der Waals surface area contributed by atoms with Crippen molar-refractivity contribution in [1.29, 1.82) is 0 Å². The van der Waals surface area contributed by atoms with Crippen LogP contribution in [0.4, 0.5) is 0 Å². The van der Waals surface area contributed by atoms with Crippen molar-refractivity contribution in [2.75, 3.05) is 26.2 Å². The zero-order valence-corrected chi connectivity index (χ0v) is 16.3. The van der Waals surface area contributed by atoms with Gasteiger partial charge in [0, 0.05) is 68.3 Å². The number of pyridine rings is 1. The number of hydrogen-bond acceptors (Lipinski definition) is 5. The summed E-state index contributed by atoms with van der Waals surface area (Å²) in [6.45, 7) is 5.19. The Bertz CT molecular complexity index is 818. The first-order valence-electron chi connectivity index (χ1n) is 9.51. The first-order valence-corrected chi connectivity index (χ1v) is 10.4. The van der Waals surface area contributed by atoms with Crippen LogP contribution >= 0.6 is 11.3 Å². The van der Waals surface area contributed by atoms with Crippen LogP contribution in [0.3, 0.4) is 0 Å². The topological polar surface area (TPSA) is 44.5 Å². The van der Waals surface area contributed by atoms with Gasteiger partial charge in [-0.2, -0.15) is 0 Å². The Morgan fingerprint density at radius 3 is 2.81 bits per heavy atom. The van der Waals surface area contributed by atoms with Gasteiger partial charge in [-0.05, 0) is 42.1 Å². The van der Waals surface area contributed by atoms with E-state index in [-0.39, 0.29) is 6.61 Å². The molecule has 142 valence electrons. The fourth-order valence-electron chi connectivity index (χ4n) is 3.83. The van der Waals surface area contributed by atoms with Gasteiger partial charge in [0.15, 0.2) is 0 Å². The fourth-order valence-corrected chi connectivity index (χ4v) is 4.56. The molecule has 4 rings (SSSR count). The molecule has 1 saturated heterocycles. The Balaban J connectivity index is 1.43. The van der Waals surface area contributed by atoms with Crippen LogP contribution in [0, 0.1) is 0 Å². The fraction of sp³-hybridized carbons (Fsp3) is 0.381. The smallest absolute Gasteiger partial charge is 0.136 e. The highest BCUT2D eigenvalue weighted by atomic mass is 32.1. The molecule has 0 saturated carbocycles. The molecular formula is C21H26N4OS. The second-order valence-electron chi connectivity index (χ2n) is 7.01. The monoisotopic (exact) mass is 382 g/mol. The van der Waals surface area contributed by atoms with Crippen molar-refractivity contribution in [1.82, 2.24) is 19.4 Å². The van der Waals surface area contributed by atoms with Crippen molar-refractivity contribution in [3.05, 3.63) is 70.8 Å². The van der Waals surface area contributed by atoms with Gasteiger partial charge in [0.25, 0.3) is 0 Å². The summed E-state index contributed by atoms with van der Waals surface area (Å²) in [5.41, 5.74) is 1.25. The molecule has 0 amide bonds. The predicted octanol–water partition coefficient (Wildman–Crippen LogP) is 3.00. The van der Waals surface area contributed by atoms with Crippen molar-refractivity contribution in [2.45, 2.75) is 25.6 Å².